The molecule has 0 fully saturated rings. The van der Waals surface area contributed by atoms with Gasteiger partial charge in [-0.05, 0) is 29.7 Å². The largest absolute Gasteiger partial charge is 0.378 e. The van der Waals surface area contributed by atoms with Crippen LogP contribution in [0.2, 0.25) is 0 Å². The van der Waals surface area contributed by atoms with Crippen LogP contribution in [0.3, 0.4) is 0 Å². The zero-order chi connectivity index (χ0) is 20.2. The molecule has 2 heterocycles. The summed E-state index contributed by atoms with van der Waals surface area (Å²) in [6, 6.07) is 15.6. The molecular weight excluding hydrogens is 371 g/mol. The highest BCUT2D eigenvalue weighted by atomic mass is 19.1. The summed E-state index contributed by atoms with van der Waals surface area (Å²) in [7, 11) is 0. The Morgan fingerprint density at radius 2 is 1.76 bits per heavy atom. The Labute approximate surface area is 168 Å². The SMILES string of the molecule is O=C(C(O)c1ccc(F)cc1)N1CCc2nnc(CCc3ccccc3)n2CC1. The van der Waals surface area contributed by atoms with Crippen LogP contribution in [-0.4, -0.2) is 43.8 Å². The van der Waals surface area contributed by atoms with Gasteiger partial charge in [0, 0.05) is 32.5 Å². The number of hydrogen-bond donors (Lipinski definition) is 1. The molecule has 0 saturated carbocycles. The number of carbonyl (C=O) groups excluding carboxylic acids is 1. The first-order valence-electron chi connectivity index (χ1n) is 9.79. The van der Waals surface area contributed by atoms with Crippen LogP contribution in [0.25, 0.3) is 0 Å². The van der Waals surface area contributed by atoms with Crippen molar-refractivity contribution in [3.63, 3.8) is 0 Å². The summed E-state index contributed by atoms with van der Waals surface area (Å²) >= 11 is 0. The van der Waals surface area contributed by atoms with Crippen LogP contribution in [0.1, 0.15) is 28.9 Å². The maximum atomic E-state index is 13.1. The van der Waals surface area contributed by atoms with Gasteiger partial charge in [-0.2, -0.15) is 0 Å². The molecule has 1 aliphatic rings. The third-order valence-corrected chi connectivity index (χ3v) is 5.31. The first-order chi connectivity index (χ1) is 14.1. The van der Waals surface area contributed by atoms with Crippen molar-refractivity contribution in [2.45, 2.75) is 31.9 Å². The number of amides is 1. The highest BCUT2D eigenvalue weighted by Gasteiger charge is 2.27. The van der Waals surface area contributed by atoms with Gasteiger partial charge in [-0.15, -0.1) is 10.2 Å². The van der Waals surface area contributed by atoms with Gasteiger partial charge in [0.2, 0.25) is 0 Å². The number of aromatic nitrogens is 3. The molecule has 0 spiro atoms. The highest BCUT2D eigenvalue weighted by molar-refractivity contribution is 5.82. The number of rotatable bonds is 5. The number of aliphatic hydroxyl groups is 1. The van der Waals surface area contributed by atoms with E-state index >= 15 is 0 Å². The number of carbonyl (C=O) groups is 1. The Morgan fingerprint density at radius 1 is 1.00 bits per heavy atom. The van der Waals surface area contributed by atoms with Crippen molar-refractivity contribution < 1.29 is 14.3 Å². The van der Waals surface area contributed by atoms with Crippen molar-refractivity contribution in [3.05, 3.63) is 83.2 Å². The van der Waals surface area contributed by atoms with Crippen LogP contribution in [0.4, 0.5) is 4.39 Å². The molecule has 1 amide bonds. The predicted molar refractivity (Wildman–Crippen MR) is 106 cm³/mol. The highest BCUT2D eigenvalue weighted by Crippen LogP contribution is 2.19. The first-order valence-corrected chi connectivity index (χ1v) is 9.79. The van der Waals surface area contributed by atoms with E-state index in [0.717, 1.165) is 24.5 Å². The van der Waals surface area contributed by atoms with Crippen LogP contribution in [-0.2, 0) is 30.6 Å². The van der Waals surface area contributed by atoms with Gasteiger partial charge < -0.3 is 14.6 Å². The van der Waals surface area contributed by atoms with Gasteiger partial charge >= 0.3 is 0 Å². The molecule has 1 unspecified atom stereocenters. The Hall–Kier alpha value is -3.06. The van der Waals surface area contributed by atoms with E-state index in [1.165, 1.54) is 29.8 Å². The van der Waals surface area contributed by atoms with Gasteiger partial charge in [0.1, 0.15) is 17.5 Å². The summed E-state index contributed by atoms with van der Waals surface area (Å²) in [4.78, 5) is 14.4. The van der Waals surface area contributed by atoms with Gasteiger partial charge in [0.15, 0.2) is 6.10 Å². The van der Waals surface area contributed by atoms with Crippen molar-refractivity contribution >= 4 is 5.91 Å². The Balaban J connectivity index is 1.41. The van der Waals surface area contributed by atoms with Gasteiger partial charge in [0.25, 0.3) is 5.91 Å². The fraction of sp³-hybridized carbons (Fsp3) is 0.318. The molecule has 1 N–H and O–H groups in total. The fourth-order valence-electron chi connectivity index (χ4n) is 3.65. The van der Waals surface area contributed by atoms with E-state index in [1.54, 1.807) is 4.90 Å². The summed E-state index contributed by atoms with van der Waals surface area (Å²) < 4.78 is 15.2. The molecule has 4 rings (SSSR count). The van der Waals surface area contributed by atoms with Crippen LogP contribution >= 0.6 is 0 Å². The van der Waals surface area contributed by atoms with Crippen molar-refractivity contribution in [1.82, 2.24) is 19.7 Å². The van der Waals surface area contributed by atoms with E-state index in [2.05, 4.69) is 26.9 Å². The molecule has 0 aliphatic carbocycles. The van der Waals surface area contributed by atoms with E-state index in [-0.39, 0.29) is 5.91 Å². The number of aryl methyl sites for hydroxylation is 2. The number of halogens is 1. The smallest absolute Gasteiger partial charge is 0.256 e. The van der Waals surface area contributed by atoms with Gasteiger partial charge in [0.05, 0.1) is 0 Å². The molecule has 1 aliphatic heterocycles. The van der Waals surface area contributed by atoms with E-state index in [0.29, 0.717) is 31.6 Å². The summed E-state index contributed by atoms with van der Waals surface area (Å²) in [6.45, 7) is 1.53. The van der Waals surface area contributed by atoms with Crippen LogP contribution in [0.5, 0.6) is 0 Å². The molecule has 6 nitrogen and oxygen atoms in total. The topological polar surface area (TPSA) is 71.2 Å². The number of hydrogen-bond acceptors (Lipinski definition) is 4. The lowest BCUT2D eigenvalue weighted by atomic mass is 10.1. The Bertz CT molecular complexity index is 972. The van der Waals surface area contributed by atoms with Crippen molar-refractivity contribution in [1.29, 1.82) is 0 Å². The summed E-state index contributed by atoms with van der Waals surface area (Å²) in [5, 5.41) is 19.1. The maximum Gasteiger partial charge on any atom is 0.256 e. The molecule has 0 saturated heterocycles. The number of fused-ring (bicyclic) bond motifs is 1. The fourth-order valence-corrected chi connectivity index (χ4v) is 3.65. The molecule has 0 bridgehead atoms. The zero-order valence-corrected chi connectivity index (χ0v) is 16.0. The molecule has 29 heavy (non-hydrogen) atoms. The van der Waals surface area contributed by atoms with Gasteiger partial charge in [-0.25, -0.2) is 4.39 Å². The lowest BCUT2D eigenvalue weighted by Crippen LogP contribution is -2.37. The van der Waals surface area contributed by atoms with Crippen LogP contribution in [0, 0.1) is 5.82 Å². The Morgan fingerprint density at radius 3 is 2.52 bits per heavy atom. The molecule has 0 radical (unpaired) electrons. The minimum atomic E-state index is -1.29. The molecule has 7 heteroatoms. The second-order valence-electron chi connectivity index (χ2n) is 7.20. The van der Waals surface area contributed by atoms with E-state index in [1.807, 2.05) is 18.2 Å². The summed E-state index contributed by atoms with van der Waals surface area (Å²) in [5.74, 6) is 1.00. The normalized spacial score (nSPS) is 14.9. The average Bonchev–Trinajstić information content (AvgIpc) is 3.01. The monoisotopic (exact) mass is 394 g/mol. The molecule has 2 aromatic carbocycles. The summed E-state index contributed by atoms with van der Waals surface area (Å²) in [6.07, 6.45) is 0.950. The number of nitrogens with zero attached hydrogens (tertiary/aromatic N) is 4. The van der Waals surface area contributed by atoms with Crippen molar-refractivity contribution in [2.75, 3.05) is 13.1 Å². The standard InChI is InChI=1S/C22H23FN4O2/c23-18-9-7-17(8-10-18)21(28)22(29)26-13-12-20-25-24-19(27(20)15-14-26)11-6-16-4-2-1-3-5-16/h1-5,7-10,21,28H,6,11-15H2. The quantitative estimate of drug-likeness (QED) is 0.721. The van der Waals surface area contributed by atoms with E-state index in [9.17, 15) is 14.3 Å². The van der Waals surface area contributed by atoms with Gasteiger partial charge in [-0.1, -0.05) is 42.5 Å². The molecule has 3 aromatic rings. The van der Waals surface area contributed by atoms with Crippen LogP contribution in [0.15, 0.2) is 54.6 Å². The van der Waals surface area contributed by atoms with Crippen molar-refractivity contribution in [3.8, 4) is 0 Å². The molecule has 1 aromatic heterocycles. The molecule has 1 atom stereocenters. The second-order valence-corrected chi connectivity index (χ2v) is 7.20. The number of aliphatic hydroxyl groups excluding tert-OH is 1. The molecular formula is C22H23FN4O2. The van der Waals surface area contributed by atoms with E-state index < -0.39 is 11.9 Å². The van der Waals surface area contributed by atoms with Gasteiger partial charge in [-0.3, -0.25) is 4.79 Å². The first kappa shape index (κ1) is 19.3. The second kappa shape index (κ2) is 8.53. The minimum absolute atomic E-state index is 0.374. The average molecular weight is 394 g/mol. The summed E-state index contributed by atoms with van der Waals surface area (Å²) in [5.41, 5.74) is 1.64. The minimum Gasteiger partial charge on any atom is -0.378 e. The lowest BCUT2D eigenvalue weighted by Gasteiger charge is -2.23. The third-order valence-electron chi connectivity index (χ3n) is 5.31. The van der Waals surface area contributed by atoms with Crippen molar-refractivity contribution in [2.24, 2.45) is 0 Å². The molecule has 150 valence electrons. The number of benzene rings is 2. The van der Waals surface area contributed by atoms with E-state index in [4.69, 9.17) is 0 Å². The lowest BCUT2D eigenvalue weighted by molar-refractivity contribution is -0.140. The maximum absolute atomic E-state index is 13.1. The predicted octanol–water partition coefficient (Wildman–Crippen LogP) is 2.32. The van der Waals surface area contributed by atoms with Crippen LogP contribution < -0.4 is 0 Å². The Kier molecular flexibility index (Phi) is 5.67. The zero-order valence-electron chi connectivity index (χ0n) is 16.0. The third kappa shape index (κ3) is 4.35.